The quantitative estimate of drug-likeness (QED) is 0.671. The van der Waals surface area contributed by atoms with Gasteiger partial charge in [0.25, 0.3) is 0 Å². The molecular formula is C20H19FN2O3S. The number of hydrogen-bond acceptors (Lipinski definition) is 5. The molecule has 0 saturated carbocycles. The molecule has 1 amide bonds. The topological polar surface area (TPSA) is 60.5 Å². The molecule has 0 aliphatic rings. The Morgan fingerprint density at radius 2 is 1.93 bits per heavy atom. The van der Waals surface area contributed by atoms with Crippen LogP contribution in [0.25, 0.3) is 10.6 Å². The molecule has 0 saturated heterocycles. The van der Waals surface area contributed by atoms with Gasteiger partial charge < -0.3 is 14.8 Å². The lowest BCUT2D eigenvalue weighted by Gasteiger charge is -2.08. The zero-order chi connectivity index (χ0) is 19.2. The number of carbonyl (C=O) groups excluding carboxylic acids is 1. The first-order valence-corrected chi connectivity index (χ1v) is 9.15. The number of carbonyl (C=O) groups is 1. The third-order valence-electron chi connectivity index (χ3n) is 3.96. The molecule has 7 heteroatoms. The number of nitrogens with one attached hydrogen (secondary N) is 1. The van der Waals surface area contributed by atoms with Gasteiger partial charge in [-0.15, -0.1) is 11.3 Å². The summed E-state index contributed by atoms with van der Waals surface area (Å²) >= 11 is 1.45. The van der Waals surface area contributed by atoms with Crippen molar-refractivity contribution in [1.82, 2.24) is 10.3 Å². The smallest absolute Gasteiger partial charge is 0.226 e. The monoisotopic (exact) mass is 386 g/mol. The Labute approximate surface area is 160 Å². The number of benzene rings is 2. The van der Waals surface area contributed by atoms with Gasteiger partial charge in [-0.3, -0.25) is 4.79 Å². The number of hydrogen-bond donors (Lipinski definition) is 1. The normalized spacial score (nSPS) is 10.5. The van der Waals surface area contributed by atoms with Gasteiger partial charge in [0, 0.05) is 23.1 Å². The molecule has 0 fully saturated rings. The van der Waals surface area contributed by atoms with Gasteiger partial charge in [-0.25, -0.2) is 9.37 Å². The van der Waals surface area contributed by atoms with E-state index in [9.17, 15) is 9.18 Å². The van der Waals surface area contributed by atoms with Crippen LogP contribution in [-0.2, 0) is 17.8 Å². The second-order valence-corrected chi connectivity index (χ2v) is 6.62. The molecule has 2 aromatic carbocycles. The van der Waals surface area contributed by atoms with E-state index in [4.69, 9.17) is 9.47 Å². The largest absolute Gasteiger partial charge is 0.493 e. The van der Waals surface area contributed by atoms with Gasteiger partial charge in [0.2, 0.25) is 5.91 Å². The van der Waals surface area contributed by atoms with Gasteiger partial charge in [0.05, 0.1) is 26.3 Å². The Kier molecular flexibility index (Phi) is 6.03. The molecule has 0 unspecified atom stereocenters. The third kappa shape index (κ3) is 4.62. The number of aromatic nitrogens is 1. The fraction of sp³-hybridized carbons (Fsp3) is 0.200. The van der Waals surface area contributed by atoms with Gasteiger partial charge >= 0.3 is 0 Å². The second-order valence-electron chi connectivity index (χ2n) is 5.76. The number of methoxy groups -OCH3 is 2. The molecule has 0 spiro atoms. The van der Waals surface area contributed by atoms with Crippen molar-refractivity contribution in [2.24, 2.45) is 0 Å². The maximum Gasteiger partial charge on any atom is 0.226 e. The van der Waals surface area contributed by atoms with E-state index in [1.165, 1.54) is 17.4 Å². The lowest BCUT2D eigenvalue weighted by atomic mass is 10.2. The van der Waals surface area contributed by atoms with Crippen LogP contribution in [0, 0.1) is 5.82 Å². The first-order chi connectivity index (χ1) is 13.1. The van der Waals surface area contributed by atoms with Crippen LogP contribution in [0.4, 0.5) is 4.39 Å². The summed E-state index contributed by atoms with van der Waals surface area (Å²) in [6.45, 7) is 0.151. The predicted molar refractivity (Wildman–Crippen MR) is 103 cm³/mol. The first kappa shape index (κ1) is 18.8. The summed E-state index contributed by atoms with van der Waals surface area (Å²) in [7, 11) is 3.16. The molecule has 0 aliphatic heterocycles. The van der Waals surface area contributed by atoms with Crippen LogP contribution in [-0.4, -0.2) is 25.1 Å². The van der Waals surface area contributed by atoms with Crippen LogP contribution in [0.3, 0.4) is 0 Å². The highest BCUT2D eigenvalue weighted by atomic mass is 32.1. The van der Waals surface area contributed by atoms with Crippen LogP contribution in [0.2, 0.25) is 0 Å². The summed E-state index contributed by atoms with van der Waals surface area (Å²) in [4.78, 5) is 16.6. The minimum atomic E-state index is -0.331. The van der Waals surface area contributed by atoms with Crippen molar-refractivity contribution in [3.63, 3.8) is 0 Å². The molecule has 3 aromatic rings. The zero-order valence-corrected chi connectivity index (χ0v) is 15.8. The fourth-order valence-corrected chi connectivity index (χ4v) is 3.37. The van der Waals surface area contributed by atoms with E-state index in [0.29, 0.717) is 22.8 Å². The number of ether oxygens (including phenoxy) is 2. The van der Waals surface area contributed by atoms with Crippen molar-refractivity contribution < 1.29 is 18.7 Å². The molecule has 5 nitrogen and oxygen atoms in total. The van der Waals surface area contributed by atoms with E-state index in [1.807, 2.05) is 23.6 Å². The van der Waals surface area contributed by atoms with E-state index in [-0.39, 0.29) is 24.7 Å². The third-order valence-corrected chi connectivity index (χ3v) is 4.90. The average Bonchev–Trinajstić information content (AvgIpc) is 3.15. The van der Waals surface area contributed by atoms with Crippen LogP contribution >= 0.6 is 11.3 Å². The molecule has 0 atom stereocenters. The van der Waals surface area contributed by atoms with Crippen molar-refractivity contribution in [3.05, 3.63) is 64.9 Å². The SMILES string of the molecule is COc1ccc(-c2nc(CC(=O)NCc3ccccc3F)cs2)cc1OC. The Balaban J connectivity index is 1.64. The highest BCUT2D eigenvalue weighted by molar-refractivity contribution is 7.13. The minimum absolute atomic E-state index is 0.137. The maximum absolute atomic E-state index is 13.6. The summed E-state index contributed by atoms with van der Waals surface area (Å²) < 4.78 is 24.1. The lowest BCUT2D eigenvalue weighted by molar-refractivity contribution is -0.120. The molecular weight excluding hydrogens is 367 g/mol. The summed E-state index contributed by atoms with van der Waals surface area (Å²) in [6.07, 6.45) is 0.137. The predicted octanol–water partition coefficient (Wildman–Crippen LogP) is 3.83. The highest BCUT2D eigenvalue weighted by Crippen LogP contribution is 2.33. The molecule has 1 heterocycles. The molecule has 0 radical (unpaired) electrons. The maximum atomic E-state index is 13.6. The van der Waals surface area contributed by atoms with Gasteiger partial charge in [-0.05, 0) is 24.3 Å². The second kappa shape index (κ2) is 8.64. The Morgan fingerprint density at radius 1 is 1.15 bits per heavy atom. The van der Waals surface area contributed by atoms with Gasteiger partial charge in [0.15, 0.2) is 11.5 Å². The Hall–Kier alpha value is -2.93. The van der Waals surface area contributed by atoms with Gasteiger partial charge in [-0.1, -0.05) is 18.2 Å². The number of nitrogens with zero attached hydrogens (tertiary/aromatic N) is 1. The molecule has 0 aliphatic carbocycles. The average molecular weight is 386 g/mol. The fourth-order valence-electron chi connectivity index (χ4n) is 2.55. The number of rotatable bonds is 7. The number of halogens is 1. The Morgan fingerprint density at radius 3 is 2.67 bits per heavy atom. The molecule has 3 rings (SSSR count). The standard InChI is InChI=1S/C20H19FN2O3S/c1-25-17-8-7-13(9-18(17)26-2)20-23-15(12-27-20)10-19(24)22-11-14-5-3-4-6-16(14)21/h3-9,12H,10-11H2,1-2H3,(H,22,24). The zero-order valence-electron chi connectivity index (χ0n) is 15.0. The molecule has 1 aromatic heterocycles. The molecule has 1 N–H and O–H groups in total. The van der Waals surface area contributed by atoms with Gasteiger partial charge in [-0.2, -0.15) is 0 Å². The summed E-state index contributed by atoms with van der Waals surface area (Å²) in [5.41, 5.74) is 2.00. The van der Waals surface area contributed by atoms with Crippen molar-refractivity contribution >= 4 is 17.2 Å². The summed E-state index contributed by atoms with van der Waals surface area (Å²) in [5.74, 6) is 0.726. The van der Waals surface area contributed by atoms with E-state index in [0.717, 1.165) is 10.6 Å². The van der Waals surface area contributed by atoms with Crippen molar-refractivity contribution in [1.29, 1.82) is 0 Å². The van der Waals surface area contributed by atoms with Crippen molar-refractivity contribution in [2.75, 3.05) is 14.2 Å². The molecule has 27 heavy (non-hydrogen) atoms. The molecule has 140 valence electrons. The van der Waals surface area contributed by atoms with Gasteiger partial charge in [0.1, 0.15) is 10.8 Å². The van der Waals surface area contributed by atoms with Crippen LogP contribution in [0.1, 0.15) is 11.3 Å². The van der Waals surface area contributed by atoms with Crippen molar-refractivity contribution in [2.45, 2.75) is 13.0 Å². The molecule has 0 bridgehead atoms. The van der Waals surface area contributed by atoms with Crippen LogP contribution in [0.15, 0.2) is 47.8 Å². The lowest BCUT2D eigenvalue weighted by Crippen LogP contribution is -2.25. The van der Waals surface area contributed by atoms with E-state index in [1.54, 1.807) is 32.4 Å². The Bertz CT molecular complexity index is 942. The minimum Gasteiger partial charge on any atom is -0.493 e. The summed E-state index contributed by atoms with van der Waals surface area (Å²) in [6, 6.07) is 11.9. The number of amides is 1. The van der Waals surface area contributed by atoms with E-state index < -0.39 is 0 Å². The summed E-state index contributed by atoms with van der Waals surface area (Å²) in [5, 5.41) is 5.35. The first-order valence-electron chi connectivity index (χ1n) is 8.27. The highest BCUT2D eigenvalue weighted by Gasteiger charge is 2.12. The van der Waals surface area contributed by atoms with Crippen molar-refractivity contribution in [3.8, 4) is 22.1 Å². The van der Waals surface area contributed by atoms with E-state index >= 15 is 0 Å². The number of thiazole rings is 1. The van der Waals surface area contributed by atoms with Crippen LogP contribution in [0.5, 0.6) is 11.5 Å². The van der Waals surface area contributed by atoms with Crippen LogP contribution < -0.4 is 14.8 Å². The van der Waals surface area contributed by atoms with E-state index in [2.05, 4.69) is 10.3 Å².